The van der Waals surface area contributed by atoms with Crippen molar-refractivity contribution in [3.8, 4) is 0 Å². The van der Waals surface area contributed by atoms with Gasteiger partial charge in [-0.2, -0.15) is 0 Å². The Hall–Kier alpha value is -2.66. The lowest BCUT2D eigenvalue weighted by Crippen LogP contribution is -2.60. The molecule has 0 spiro atoms. The van der Waals surface area contributed by atoms with Crippen LogP contribution in [0.3, 0.4) is 0 Å². The summed E-state index contributed by atoms with van der Waals surface area (Å²) in [6.07, 6.45) is -0.00318. The highest BCUT2D eigenvalue weighted by Crippen LogP contribution is 2.14. The number of benzene rings is 2. The maximum Gasteiger partial charge on any atom is 0.336 e. The largest absolute Gasteiger partial charge is 0.459 e. The lowest BCUT2D eigenvalue weighted by molar-refractivity contribution is -0.155. The number of carbonyl (C=O) groups is 2. The van der Waals surface area contributed by atoms with Crippen LogP contribution in [0.1, 0.15) is 11.1 Å². The van der Waals surface area contributed by atoms with E-state index in [4.69, 9.17) is 16.2 Å². The Balaban J connectivity index is 2.09. The molecule has 0 heterocycles. The molecule has 0 aromatic heterocycles. The zero-order chi connectivity index (χ0) is 16.0. The van der Waals surface area contributed by atoms with Crippen LogP contribution < -0.4 is 11.5 Å². The van der Waals surface area contributed by atoms with Gasteiger partial charge in [-0.3, -0.25) is 4.79 Å². The van der Waals surface area contributed by atoms with E-state index in [2.05, 4.69) is 0 Å². The van der Waals surface area contributed by atoms with Crippen LogP contribution >= 0.6 is 0 Å². The molecular formula is C17H18N2O3. The maximum absolute atomic E-state index is 12.2. The predicted octanol–water partition coefficient (Wildman–Crippen LogP) is 1.16. The fourth-order valence-corrected chi connectivity index (χ4v) is 2.03. The van der Waals surface area contributed by atoms with E-state index < -0.39 is 17.4 Å². The molecule has 5 nitrogen and oxygen atoms in total. The average molecular weight is 298 g/mol. The van der Waals surface area contributed by atoms with Crippen molar-refractivity contribution in [2.45, 2.75) is 18.6 Å². The average Bonchev–Trinajstić information content (AvgIpc) is 2.54. The van der Waals surface area contributed by atoms with Crippen molar-refractivity contribution in [1.82, 2.24) is 0 Å². The minimum absolute atomic E-state index is 0.00318. The zero-order valence-corrected chi connectivity index (χ0v) is 12.1. The molecule has 2 aromatic rings. The third-order valence-electron chi connectivity index (χ3n) is 3.34. The zero-order valence-electron chi connectivity index (χ0n) is 12.1. The van der Waals surface area contributed by atoms with Gasteiger partial charge in [0, 0.05) is 6.42 Å². The Morgan fingerprint density at radius 3 is 1.91 bits per heavy atom. The number of hydrogen-bond acceptors (Lipinski definition) is 4. The number of esters is 1. The second-order valence-corrected chi connectivity index (χ2v) is 5.06. The first-order chi connectivity index (χ1) is 10.5. The first-order valence-corrected chi connectivity index (χ1v) is 6.86. The molecule has 22 heavy (non-hydrogen) atoms. The third-order valence-corrected chi connectivity index (χ3v) is 3.34. The molecule has 0 aliphatic heterocycles. The van der Waals surface area contributed by atoms with Crippen molar-refractivity contribution in [1.29, 1.82) is 0 Å². The van der Waals surface area contributed by atoms with E-state index in [1.807, 2.05) is 36.4 Å². The number of amides is 1. The molecule has 0 fully saturated rings. The Morgan fingerprint density at radius 2 is 1.41 bits per heavy atom. The molecule has 0 bridgehead atoms. The lowest BCUT2D eigenvalue weighted by atomic mass is 9.91. The van der Waals surface area contributed by atoms with Gasteiger partial charge in [-0.15, -0.1) is 0 Å². The Morgan fingerprint density at radius 1 is 0.909 bits per heavy atom. The van der Waals surface area contributed by atoms with Crippen molar-refractivity contribution in [2.75, 3.05) is 0 Å². The number of carbonyl (C=O) groups excluding carboxylic acids is 2. The van der Waals surface area contributed by atoms with Crippen LogP contribution in [0.25, 0.3) is 0 Å². The van der Waals surface area contributed by atoms with Crippen LogP contribution in [-0.2, 0) is 27.4 Å². The minimum atomic E-state index is -1.88. The maximum atomic E-state index is 12.2. The van der Waals surface area contributed by atoms with Crippen LogP contribution in [0.15, 0.2) is 60.7 Å². The van der Waals surface area contributed by atoms with Crippen LogP contribution in [0.5, 0.6) is 0 Å². The van der Waals surface area contributed by atoms with Gasteiger partial charge in [0.05, 0.1) is 0 Å². The second kappa shape index (κ2) is 6.87. The van der Waals surface area contributed by atoms with Crippen LogP contribution in [0, 0.1) is 0 Å². The van der Waals surface area contributed by atoms with Gasteiger partial charge < -0.3 is 16.2 Å². The van der Waals surface area contributed by atoms with E-state index in [0.29, 0.717) is 0 Å². The monoisotopic (exact) mass is 298 g/mol. The van der Waals surface area contributed by atoms with Crippen molar-refractivity contribution < 1.29 is 14.3 Å². The molecule has 1 amide bonds. The molecule has 0 saturated carbocycles. The van der Waals surface area contributed by atoms with Crippen molar-refractivity contribution in [3.05, 3.63) is 71.8 Å². The molecule has 5 heteroatoms. The predicted molar refractivity (Wildman–Crippen MR) is 82.5 cm³/mol. The van der Waals surface area contributed by atoms with E-state index in [0.717, 1.165) is 11.1 Å². The van der Waals surface area contributed by atoms with Gasteiger partial charge in [-0.25, -0.2) is 4.79 Å². The summed E-state index contributed by atoms with van der Waals surface area (Å²) in [6, 6.07) is 18.1. The van der Waals surface area contributed by atoms with E-state index in [-0.39, 0.29) is 13.0 Å². The molecule has 2 rings (SSSR count). The van der Waals surface area contributed by atoms with Gasteiger partial charge >= 0.3 is 5.97 Å². The van der Waals surface area contributed by atoms with Gasteiger partial charge in [0.15, 0.2) is 5.54 Å². The van der Waals surface area contributed by atoms with E-state index >= 15 is 0 Å². The molecule has 0 aliphatic rings. The first-order valence-electron chi connectivity index (χ1n) is 6.86. The number of primary amides is 1. The molecular weight excluding hydrogens is 280 g/mol. The lowest BCUT2D eigenvalue weighted by Gasteiger charge is -2.23. The highest BCUT2D eigenvalue weighted by molar-refractivity contribution is 6.06. The highest BCUT2D eigenvalue weighted by atomic mass is 16.5. The molecule has 2 aromatic carbocycles. The van der Waals surface area contributed by atoms with E-state index in [1.54, 1.807) is 24.3 Å². The summed E-state index contributed by atoms with van der Waals surface area (Å²) in [5, 5.41) is 0. The van der Waals surface area contributed by atoms with Crippen LogP contribution in [-0.4, -0.2) is 17.4 Å². The molecule has 0 unspecified atom stereocenters. The van der Waals surface area contributed by atoms with Crippen molar-refractivity contribution in [3.63, 3.8) is 0 Å². The topological polar surface area (TPSA) is 95.4 Å². The summed E-state index contributed by atoms with van der Waals surface area (Å²) in [6.45, 7) is 0.0424. The summed E-state index contributed by atoms with van der Waals surface area (Å²) in [4.78, 5) is 23.9. The summed E-state index contributed by atoms with van der Waals surface area (Å²) < 4.78 is 5.16. The number of nitrogens with two attached hydrogens (primary N) is 2. The van der Waals surface area contributed by atoms with Gasteiger partial charge in [0.1, 0.15) is 6.61 Å². The molecule has 0 radical (unpaired) electrons. The highest BCUT2D eigenvalue weighted by Gasteiger charge is 2.42. The third kappa shape index (κ3) is 3.71. The Labute approximate surface area is 128 Å². The Kier molecular flexibility index (Phi) is 4.91. The summed E-state index contributed by atoms with van der Waals surface area (Å²) >= 11 is 0. The summed E-state index contributed by atoms with van der Waals surface area (Å²) in [7, 11) is 0. The molecule has 114 valence electrons. The van der Waals surface area contributed by atoms with Crippen molar-refractivity contribution in [2.24, 2.45) is 11.5 Å². The SMILES string of the molecule is NC(=O)[C@](N)(Cc1ccccc1)C(=O)OCc1ccccc1. The smallest absolute Gasteiger partial charge is 0.336 e. The van der Waals surface area contributed by atoms with E-state index in [1.165, 1.54) is 0 Å². The molecule has 1 atom stereocenters. The van der Waals surface area contributed by atoms with Gasteiger partial charge in [-0.05, 0) is 11.1 Å². The van der Waals surface area contributed by atoms with Crippen molar-refractivity contribution >= 4 is 11.9 Å². The molecule has 0 saturated heterocycles. The number of ether oxygens (including phenoxy) is 1. The second-order valence-electron chi connectivity index (χ2n) is 5.06. The number of rotatable bonds is 6. The number of hydrogen-bond donors (Lipinski definition) is 2. The Bertz CT molecular complexity index is 643. The molecule has 0 aliphatic carbocycles. The van der Waals surface area contributed by atoms with Gasteiger partial charge in [-0.1, -0.05) is 60.7 Å². The molecule has 4 N–H and O–H groups in total. The minimum Gasteiger partial charge on any atom is -0.459 e. The fourth-order valence-electron chi connectivity index (χ4n) is 2.03. The fraction of sp³-hybridized carbons (Fsp3) is 0.176. The van der Waals surface area contributed by atoms with Crippen LogP contribution in [0.2, 0.25) is 0 Å². The summed E-state index contributed by atoms with van der Waals surface area (Å²) in [5.41, 5.74) is 10.9. The van der Waals surface area contributed by atoms with Crippen LogP contribution in [0.4, 0.5) is 0 Å². The summed E-state index contributed by atoms with van der Waals surface area (Å²) in [5.74, 6) is -1.73. The van der Waals surface area contributed by atoms with E-state index in [9.17, 15) is 9.59 Å². The van der Waals surface area contributed by atoms with Gasteiger partial charge in [0.2, 0.25) is 5.91 Å². The van der Waals surface area contributed by atoms with Gasteiger partial charge in [0.25, 0.3) is 0 Å². The quantitative estimate of drug-likeness (QED) is 0.618. The first kappa shape index (κ1) is 15.7. The normalized spacial score (nSPS) is 13.1. The standard InChI is InChI=1S/C17H18N2O3/c18-15(20)17(19,11-13-7-3-1-4-8-13)16(21)22-12-14-9-5-2-6-10-14/h1-10H,11-12,19H2,(H2,18,20)/t17-/m1/s1.